The molecule has 0 spiro atoms. The molecule has 3 rings (SSSR count). The fourth-order valence-corrected chi connectivity index (χ4v) is 3.20. The summed E-state index contributed by atoms with van der Waals surface area (Å²) in [6.45, 7) is 3.41. The van der Waals surface area contributed by atoms with Crippen molar-refractivity contribution in [3.05, 3.63) is 23.2 Å². The van der Waals surface area contributed by atoms with Crippen molar-refractivity contribution >= 4 is 17.4 Å². The van der Waals surface area contributed by atoms with Crippen LogP contribution < -0.4 is 34.7 Å². The molecule has 1 fully saturated rings. The SMILES string of the molecule is Cc1cc(C2=C(C(=O)[O-])N3C(=O)[C@H]([C@@H](C)O)[C@H]3C2)nn1C.[Na+]. The van der Waals surface area contributed by atoms with Gasteiger partial charge >= 0.3 is 29.6 Å². The van der Waals surface area contributed by atoms with Crippen molar-refractivity contribution in [1.82, 2.24) is 14.7 Å². The van der Waals surface area contributed by atoms with Gasteiger partial charge in [0.05, 0.1) is 35.4 Å². The Morgan fingerprint density at radius 2 is 2.18 bits per heavy atom. The van der Waals surface area contributed by atoms with Gasteiger partial charge in [-0.15, -0.1) is 0 Å². The van der Waals surface area contributed by atoms with Gasteiger partial charge in [-0.3, -0.25) is 9.48 Å². The third-order valence-electron chi connectivity index (χ3n) is 4.34. The van der Waals surface area contributed by atoms with Crippen molar-refractivity contribution in [3.8, 4) is 0 Å². The van der Waals surface area contributed by atoms with Gasteiger partial charge in [0.15, 0.2) is 0 Å². The van der Waals surface area contributed by atoms with Crippen molar-refractivity contribution < 1.29 is 49.4 Å². The van der Waals surface area contributed by atoms with Crippen molar-refractivity contribution in [2.24, 2.45) is 13.0 Å². The number of fused-ring (bicyclic) bond motifs is 1. The molecule has 0 aromatic carbocycles. The second-order valence-electron chi connectivity index (χ2n) is 5.66. The standard InChI is InChI=1S/C14H17N3O4.Na/c1-6-4-9(15-16(6)3)8-5-10-11(7(2)18)13(19)17(10)12(8)14(20)21;/h4,7,10-11,18H,5H2,1-3H3,(H,20,21);/q;+1/p-1/t7-,10-,11-;/m1./s1. The molecule has 1 amide bonds. The van der Waals surface area contributed by atoms with Crippen LogP contribution in [0.15, 0.2) is 11.8 Å². The fraction of sp³-hybridized carbons (Fsp3) is 0.500. The quantitative estimate of drug-likeness (QED) is 0.451. The molecule has 3 heterocycles. The second-order valence-corrected chi connectivity index (χ2v) is 5.66. The Bertz CT molecular complexity index is 660. The number of aliphatic hydroxyl groups excluding tert-OH is 1. The Morgan fingerprint density at radius 1 is 1.55 bits per heavy atom. The van der Waals surface area contributed by atoms with Crippen molar-refractivity contribution in [2.45, 2.75) is 32.4 Å². The Kier molecular flexibility index (Phi) is 4.54. The molecule has 2 aliphatic heterocycles. The first-order valence-electron chi connectivity index (χ1n) is 6.79. The number of aliphatic carboxylic acids is 1. The molecule has 2 aliphatic rings. The van der Waals surface area contributed by atoms with E-state index in [4.69, 9.17) is 0 Å². The van der Waals surface area contributed by atoms with E-state index in [-0.39, 0.29) is 47.2 Å². The maximum absolute atomic E-state index is 12.1. The number of aromatic nitrogens is 2. The predicted octanol–water partition coefficient (Wildman–Crippen LogP) is -4.19. The summed E-state index contributed by atoms with van der Waals surface area (Å²) in [6, 6.07) is 1.47. The number of carbonyl (C=O) groups excluding carboxylic acids is 2. The van der Waals surface area contributed by atoms with Gasteiger partial charge in [-0.25, -0.2) is 0 Å². The predicted molar refractivity (Wildman–Crippen MR) is 70.3 cm³/mol. The van der Waals surface area contributed by atoms with Gasteiger partial charge in [-0.05, 0) is 26.3 Å². The number of carboxylic acid groups (broad SMARTS) is 1. The molecular formula is C14H16N3NaO4. The molecule has 1 N–H and O–H groups in total. The number of β-lactam (4-membered cyclic amide) rings is 1. The summed E-state index contributed by atoms with van der Waals surface area (Å²) in [5.41, 5.74) is 1.82. The van der Waals surface area contributed by atoms with Crippen LogP contribution in [0.5, 0.6) is 0 Å². The van der Waals surface area contributed by atoms with Crippen molar-refractivity contribution in [3.63, 3.8) is 0 Å². The number of carbonyl (C=O) groups is 2. The number of aliphatic hydroxyl groups is 1. The monoisotopic (exact) mass is 313 g/mol. The Balaban J connectivity index is 0.00000176. The summed E-state index contributed by atoms with van der Waals surface area (Å²) in [7, 11) is 1.77. The van der Waals surface area contributed by atoms with Crippen LogP contribution in [0.2, 0.25) is 0 Å². The Hall–Kier alpha value is -1.15. The van der Waals surface area contributed by atoms with E-state index in [0.29, 0.717) is 17.7 Å². The van der Waals surface area contributed by atoms with E-state index in [9.17, 15) is 19.8 Å². The van der Waals surface area contributed by atoms with Crippen LogP contribution in [0.3, 0.4) is 0 Å². The summed E-state index contributed by atoms with van der Waals surface area (Å²) in [6.07, 6.45) is -0.423. The van der Waals surface area contributed by atoms with E-state index < -0.39 is 18.0 Å². The molecule has 7 nitrogen and oxygen atoms in total. The number of aryl methyl sites for hydroxylation is 2. The number of hydrogen-bond donors (Lipinski definition) is 1. The van der Waals surface area contributed by atoms with Crippen molar-refractivity contribution in [2.75, 3.05) is 0 Å². The third-order valence-corrected chi connectivity index (χ3v) is 4.34. The minimum Gasteiger partial charge on any atom is -0.543 e. The Morgan fingerprint density at radius 3 is 2.64 bits per heavy atom. The molecule has 0 bridgehead atoms. The van der Waals surface area contributed by atoms with Crippen LogP contribution >= 0.6 is 0 Å². The second kappa shape index (κ2) is 5.81. The van der Waals surface area contributed by atoms with Crippen LogP contribution in [-0.2, 0) is 16.6 Å². The maximum Gasteiger partial charge on any atom is 1.00 e. The number of rotatable bonds is 3. The topological polar surface area (TPSA) is 98.5 Å². The van der Waals surface area contributed by atoms with Crippen LogP contribution in [-0.4, -0.2) is 43.8 Å². The number of nitrogens with zero attached hydrogens (tertiary/aromatic N) is 3. The molecule has 0 radical (unpaired) electrons. The van der Waals surface area contributed by atoms with E-state index in [1.54, 1.807) is 24.7 Å². The zero-order chi connectivity index (χ0) is 15.5. The van der Waals surface area contributed by atoms with Gasteiger partial charge in [0.25, 0.3) is 0 Å². The summed E-state index contributed by atoms with van der Waals surface area (Å²) in [5.74, 6) is -2.30. The normalized spacial score (nSPS) is 24.7. The van der Waals surface area contributed by atoms with E-state index in [2.05, 4.69) is 5.10 Å². The molecule has 8 heteroatoms. The fourth-order valence-electron chi connectivity index (χ4n) is 3.20. The largest absolute Gasteiger partial charge is 1.00 e. The average Bonchev–Trinajstić information content (AvgIpc) is 2.88. The minimum absolute atomic E-state index is 0. The summed E-state index contributed by atoms with van der Waals surface area (Å²) >= 11 is 0. The van der Waals surface area contributed by atoms with Crippen LogP contribution in [0.1, 0.15) is 24.7 Å². The van der Waals surface area contributed by atoms with Gasteiger partial charge in [0.1, 0.15) is 0 Å². The molecule has 22 heavy (non-hydrogen) atoms. The summed E-state index contributed by atoms with van der Waals surface area (Å²) in [4.78, 5) is 24.7. The molecule has 1 aromatic heterocycles. The minimum atomic E-state index is -1.38. The molecule has 112 valence electrons. The van der Waals surface area contributed by atoms with Gasteiger partial charge < -0.3 is 19.9 Å². The molecule has 1 aromatic rings. The number of carboxylic acids is 1. The average molecular weight is 313 g/mol. The molecule has 3 atom stereocenters. The van der Waals surface area contributed by atoms with E-state index in [1.807, 2.05) is 6.92 Å². The van der Waals surface area contributed by atoms with Crippen LogP contribution in [0.25, 0.3) is 5.57 Å². The van der Waals surface area contributed by atoms with Gasteiger partial charge in [0.2, 0.25) is 5.91 Å². The smallest absolute Gasteiger partial charge is 0.543 e. The molecule has 1 saturated heterocycles. The first kappa shape index (κ1) is 17.2. The Labute approximate surface area is 149 Å². The summed E-state index contributed by atoms with van der Waals surface area (Å²) in [5, 5.41) is 25.4. The first-order chi connectivity index (χ1) is 9.82. The van der Waals surface area contributed by atoms with E-state index in [1.165, 1.54) is 4.90 Å². The number of amides is 1. The molecule has 0 unspecified atom stereocenters. The third kappa shape index (κ3) is 2.32. The maximum atomic E-state index is 12.1. The van der Waals surface area contributed by atoms with Crippen LogP contribution in [0, 0.1) is 12.8 Å². The molecule has 0 aliphatic carbocycles. The van der Waals surface area contributed by atoms with Gasteiger partial charge in [0, 0.05) is 18.3 Å². The van der Waals surface area contributed by atoms with Crippen LogP contribution in [0.4, 0.5) is 0 Å². The summed E-state index contributed by atoms with van der Waals surface area (Å²) < 4.78 is 1.65. The zero-order valence-electron chi connectivity index (χ0n) is 13.0. The zero-order valence-corrected chi connectivity index (χ0v) is 15.0. The van der Waals surface area contributed by atoms with Crippen molar-refractivity contribution in [1.29, 1.82) is 0 Å². The first-order valence-corrected chi connectivity index (χ1v) is 6.79. The van der Waals surface area contributed by atoms with Gasteiger partial charge in [-0.1, -0.05) is 0 Å². The van der Waals surface area contributed by atoms with E-state index in [0.717, 1.165) is 5.69 Å². The van der Waals surface area contributed by atoms with Gasteiger partial charge in [-0.2, -0.15) is 5.10 Å². The number of hydrogen-bond acceptors (Lipinski definition) is 5. The molecular weight excluding hydrogens is 297 g/mol. The molecule has 0 saturated carbocycles. The van der Waals surface area contributed by atoms with E-state index >= 15 is 0 Å².